The SMILES string of the molecule is CN(C)CCCOc1ccc(-c2ccc(O)c3c2C[C@H]2C[C@H]4CC(O)=C(C(N)=O)C(=O)[C@@]4(O)C(O)=C2C3=O)cn1. The summed E-state index contributed by atoms with van der Waals surface area (Å²) in [4.78, 5) is 45.0. The normalized spacial score (nSPS) is 24.1. The summed E-state index contributed by atoms with van der Waals surface area (Å²) in [6.07, 6.45) is 2.46. The standard InChI is InChI=1S/C29H31N3O8/c1-32(2)8-3-9-40-21-7-4-14(13-31-21)17-5-6-19(33)23-18(17)11-15-10-16-12-20(34)24(28(30)38)27(37)29(16,39)26(36)22(15)25(23)35/h4-7,13,15-16,33-34,36,39H,3,8-12H2,1-2H3,(H2,30,38)/t15-,16+,29+/m1/s1. The number of primary amides is 1. The first kappa shape index (κ1) is 27.4. The number of hydrogen-bond acceptors (Lipinski definition) is 10. The molecule has 0 bridgehead atoms. The van der Waals surface area contributed by atoms with Gasteiger partial charge in [0.2, 0.25) is 11.7 Å². The minimum atomic E-state index is -2.59. The van der Waals surface area contributed by atoms with Gasteiger partial charge in [0.05, 0.1) is 12.2 Å². The Morgan fingerprint density at radius 2 is 1.90 bits per heavy atom. The number of rotatable bonds is 7. The van der Waals surface area contributed by atoms with Gasteiger partial charge in [0.15, 0.2) is 11.4 Å². The van der Waals surface area contributed by atoms with Crippen molar-refractivity contribution in [2.75, 3.05) is 27.2 Å². The second kappa shape index (κ2) is 10.1. The molecule has 0 fully saturated rings. The molecule has 3 aliphatic carbocycles. The number of aromatic hydroxyl groups is 1. The third-order valence-corrected chi connectivity index (χ3v) is 7.99. The largest absolute Gasteiger partial charge is 0.511 e. The molecular weight excluding hydrogens is 518 g/mol. The molecule has 40 heavy (non-hydrogen) atoms. The number of benzene rings is 1. The van der Waals surface area contributed by atoms with Gasteiger partial charge >= 0.3 is 0 Å². The third-order valence-electron chi connectivity index (χ3n) is 7.99. The van der Waals surface area contributed by atoms with Crippen molar-refractivity contribution in [1.29, 1.82) is 0 Å². The maximum absolute atomic E-state index is 13.7. The summed E-state index contributed by atoms with van der Waals surface area (Å²) in [6, 6.07) is 6.59. The van der Waals surface area contributed by atoms with Crippen LogP contribution in [0.3, 0.4) is 0 Å². The van der Waals surface area contributed by atoms with E-state index >= 15 is 0 Å². The Morgan fingerprint density at radius 1 is 1.15 bits per heavy atom. The van der Waals surface area contributed by atoms with Gasteiger partial charge < -0.3 is 35.8 Å². The molecule has 2 aromatic rings. The van der Waals surface area contributed by atoms with Crippen LogP contribution < -0.4 is 10.5 Å². The fraction of sp³-hybridized carbons (Fsp3) is 0.379. The predicted octanol–water partition coefficient (Wildman–Crippen LogP) is 1.97. The maximum atomic E-state index is 13.7. The second-order valence-electron chi connectivity index (χ2n) is 10.8. The van der Waals surface area contributed by atoms with Gasteiger partial charge in [-0.15, -0.1) is 0 Å². The summed E-state index contributed by atoms with van der Waals surface area (Å²) < 4.78 is 5.71. The molecule has 1 amide bonds. The van der Waals surface area contributed by atoms with Gasteiger partial charge in [-0.2, -0.15) is 0 Å². The first-order chi connectivity index (χ1) is 18.9. The fourth-order valence-electron chi connectivity index (χ4n) is 6.07. The van der Waals surface area contributed by atoms with Crippen molar-refractivity contribution in [2.24, 2.45) is 17.6 Å². The average Bonchev–Trinajstić information content (AvgIpc) is 2.89. The third kappa shape index (κ3) is 4.31. The zero-order valence-corrected chi connectivity index (χ0v) is 22.2. The number of phenols is 1. The minimum absolute atomic E-state index is 0.0434. The van der Waals surface area contributed by atoms with E-state index in [0.717, 1.165) is 13.0 Å². The molecule has 1 aromatic carbocycles. The van der Waals surface area contributed by atoms with E-state index < -0.39 is 52.0 Å². The number of allylic oxidation sites excluding steroid dienone is 2. The summed E-state index contributed by atoms with van der Waals surface area (Å²) in [7, 11) is 3.97. The lowest BCUT2D eigenvalue weighted by Gasteiger charge is -2.45. The molecule has 210 valence electrons. The van der Waals surface area contributed by atoms with Crippen LogP contribution in [-0.2, 0) is 16.0 Å². The summed E-state index contributed by atoms with van der Waals surface area (Å²) in [5.74, 6) is -6.10. The minimum Gasteiger partial charge on any atom is -0.511 e. The van der Waals surface area contributed by atoms with Crippen LogP contribution >= 0.6 is 0 Å². The van der Waals surface area contributed by atoms with E-state index in [4.69, 9.17) is 10.5 Å². The number of ketones is 2. The molecule has 0 saturated heterocycles. The van der Waals surface area contributed by atoms with Gasteiger partial charge in [-0.25, -0.2) is 4.98 Å². The quantitative estimate of drug-likeness (QED) is 0.253. The second-order valence-corrected chi connectivity index (χ2v) is 10.8. The molecule has 11 heteroatoms. The van der Waals surface area contributed by atoms with Gasteiger partial charge in [-0.1, -0.05) is 6.07 Å². The number of ether oxygens (including phenoxy) is 1. The van der Waals surface area contributed by atoms with Crippen molar-refractivity contribution in [3.63, 3.8) is 0 Å². The number of carbonyl (C=O) groups is 3. The predicted molar refractivity (Wildman–Crippen MR) is 143 cm³/mol. The van der Waals surface area contributed by atoms with E-state index in [-0.39, 0.29) is 36.1 Å². The van der Waals surface area contributed by atoms with E-state index in [1.807, 2.05) is 20.2 Å². The Balaban J connectivity index is 1.50. The van der Waals surface area contributed by atoms with Gasteiger partial charge in [-0.05, 0) is 62.5 Å². The van der Waals surface area contributed by atoms with E-state index in [9.17, 15) is 34.8 Å². The molecule has 1 heterocycles. The molecular formula is C29H31N3O8. The number of aromatic nitrogens is 1. The van der Waals surface area contributed by atoms with E-state index in [2.05, 4.69) is 9.88 Å². The number of Topliss-reactive ketones (excluding diaryl/α,β-unsaturated/α-hetero) is 2. The van der Waals surface area contributed by atoms with Crippen LogP contribution in [0.25, 0.3) is 11.1 Å². The Hall–Kier alpha value is -4.22. The Morgan fingerprint density at radius 3 is 2.55 bits per heavy atom. The lowest BCUT2D eigenvalue weighted by Crippen LogP contribution is -2.57. The van der Waals surface area contributed by atoms with Crippen LogP contribution in [0.5, 0.6) is 11.6 Å². The van der Waals surface area contributed by atoms with Gasteiger partial charge in [0.1, 0.15) is 22.8 Å². The zero-order chi connectivity index (χ0) is 28.9. The first-order valence-corrected chi connectivity index (χ1v) is 13.0. The molecule has 1 aromatic heterocycles. The number of aliphatic hydroxyl groups is 3. The zero-order valence-electron chi connectivity index (χ0n) is 22.2. The number of amides is 1. The van der Waals surface area contributed by atoms with E-state index in [1.165, 1.54) is 6.07 Å². The Labute approximate surface area is 230 Å². The monoisotopic (exact) mass is 549 g/mol. The summed E-state index contributed by atoms with van der Waals surface area (Å²) >= 11 is 0. The highest BCUT2D eigenvalue weighted by Gasteiger charge is 2.59. The number of nitrogens with two attached hydrogens (primary N) is 1. The van der Waals surface area contributed by atoms with Crippen molar-refractivity contribution in [3.8, 4) is 22.8 Å². The average molecular weight is 550 g/mol. The van der Waals surface area contributed by atoms with Crippen LogP contribution in [0.4, 0.5) is 0 Å². The summed E-state index contributed by atoms with van der Waals surface area (Å²) in [5.41, 5.74) is 3.50. The molecule has 3 aliphatic rings. The van der Waals surface area contributed by atoms with Crippen LogP contribution in [0, 0.1) is 11.8 Å². The first-order valence-electron chi connectivity index (χ1n) is 13.0. The van der Waals surface area contributed by atoms with Crippen molar-refractivity contribution in [1.82, 2.24) is 9.88 Å². The van der Waals surface area contributed by atoms with Crippen LogP contribution in [-0.4, -0.2) is 80.6 Å². The van der Waals surface area contributed by atoms with Crippen LogP contribution in [0.15, 0.2) is 53.1 Å². The Bertz CT molecular complexity index is 1480. The summed E-state index contributed by atoms with van der Waals surface area (Å²) in [6.45, 7) is 1.39. The molecule has 5 rings (SSSR count). The lowest BCUT2D eigenvalue weighted by atomic mass is 9.60. The molecule has 0 spiro atoms. The Kier molecular flexibility index (Phi) is 6.89. The smallest absolute Gasteiger partial charge is 0.255 e. The molecule has 0 aliphatic heterocycles. The molecule has 0 unspecified atom stereocenters. The van der Waals surface area contributed by atoms with Crippen molar-refractivity contribution in [3.05, 3.63) is 64.3 Å². The number of phenolic OH excluding ortho intramolecular Hbond substituents is 1. The van der Waals surface area contributed by atoms with Gasteiger partial charge in [0.25, 0.3) is 5.91 Å². The topological polar surface area (TPSA) is 184 Å². The van der Waals surface area contributed by atoms with E-state index in [0.29, 0.717) is 29.2 Å². The molecule has 0 saturated carbocycles. The lowest BCUT2D eigenvalue weighted by molar-refractivity contribution is -0.144. The van der Waals surface area contributed by atoms with Crippen LogP contribution in [0.2, 0.25) is 0 Å². The van der Waals surface area contributed by atoms with Crippen molar-refractivity contribution >= 4 is 17.5 Å². The molecule has 3 atom stereocenters. The number of aliphatic hydroxyl groups excluding tert-OH is 2. The van der Waals surface area contributed by atoms with Crippen molar-refractivity contribution < 1.29 is 39.5 Å². The highest BCUT2D eigenvalue weighted by atomic mass is 16.5. The highest BCUT2D eigenvalue weighted by molar-refractivity contribution is 6.24. The summed E-state index contributed by atoms with van der Waals surface area (Å²) in [5, 5.41) is 43.5. The number of carbonyl (C=O) groups excluding carboxylic acids is 3. The van der Waals surface area contributed by atoms with Gasteiger partial charge in [0, 0.05) is 42.3 Å². The highest BCUT2D eigenvalue weighted by Crippen LogP contribution is 2.52. The number of fused-ring (bicyclic) bond motifs is 3. The van der Waals surface area contributed by atoms with Crippen LogP contribution in [0.1, 0.15) is 35.2 Å². The van der Waals surface area contributed by atoms with Gasteiger partial charge in [-0.3, -0.25) is 14.4 Å². The number of nitrogens with zero attached hydrogens (tertiary/aromatic N) is 2. The van der Waals surface area contributed by atoms with Crippen molar-refractivity contribution in [2.45, 2.75) is 31.3 Å². The number of hydrogen-bond donors (Lipinski definition) is 5. The molecule has 0 radical (unpaired) electrons. The maximum Gasteiger partial charge on any atom is 0.255 e. The number of pyridine rings is 1. The van der Waals surface area contributed by atoms with E-state index in [1.54, 1.807) is 18.3 Å². The molecule has 6 N–H and O–H groups in total. The fourth-order valence-corrected chi connectivity index (χ4v) is 6.07. The molecule has 11 nitrogen and oxygen atoms in total.